The summed E-state index contributed by atoms with van der Waals surface area (Å²) in [5.74, 6) is 1.54. The van der Waals surface area contributed by atoms with Crippen molar-refractivity contribution in [2.75, 3.05) is 18.5 Å². The minimum Gasteiger partial charge on any atom is -0.486 e. The van der Waals surface area contributed by atoms with Crippen LogP contribution < -0.4 is 20.1 Å². The minimum atomic E-state index is -0.365. The standard InChI is InChI=1S/C19H16ClN3O5S/c1-10(24)21-8-12-2-3-15(28-12)14-9-29-19(22-14)23-18(25)11-6-13(20)17-16(7-11)26-4-5-27-17/h2-3,6-7,9H,4-5,8H2,1H3,(H,21,24)(H,22,23,25). The van der Waals surface area contributed by atoms with E-state index >= 15 is 0 Å². The van der Waals surface area contributed by atoms with Gasteiger partial charge in [-0.2, -0.15) is 0 Å². The fourth-order valence-electron chi connectivity index (χ4n) is 2.68. The molecule has 150 valence electrons. The fourth-order valence-corrected chi connectivity index (χ4v) is 3.64. The average Bonchev–Trinajstić information content (AvgIpc) is 3.35. The molecule has 3 aromatic rings. The van der Waals surface area contributed by atoms with E-state index in [4.69, 9.17) is 25.5 Å². The van der Waals surface area contributed by atoms with Crippen LogP contribution in [0, 0.1) is 0 Å². The number of furan rings is 1. The number of nitrogens with one attached hydrogen (secondary N) is 2. The molecule has 2 aromatic heterocycles. The molecule has 0 aliphatic carbocycles. The monoisotopic (exact) mass is 433 g/mol. The van der Waals surface area contributed by atoms with Crippen molar-refractivity contribution in [1.29, 1.82) is 0 Å². The molecule has 0 spiro atoms. The van der Waals surface area contributed by atoms with Crippen LogP contribution in [0.1, 0.15) is 23.0 Å². The molecule has 1 aromatic carbocycles. The predicted molar refractivity (Wildman–Crippen MR) is 108 cm³/mol. The van der Waals surface area contributed by atoms with Crippen molar-refractivity contribution in [3.63, 3.8) is 0 Å². The first-order chi connectivity index (χ1) is 14.0. The molecule has 0 bridgehead atoms. The number of carbonyl (C=O) groups is 2. The molecule has 0 radical (unpaired) electrons. The molecule has 0 unspecified atom stereocenters. The lowest BCUT2D eigenvalue weighted by molar-refractivity contribution is -0.119. The lowest BCUT2D eigenvalue weighted by Gasteiger charge is -2.20. The molecule has 1 aliphatic rings. The minimum absolute atomic E-state index is 0.138. The fraction of sp³-hybridized carbons (Fsp3) is 0.211. The second-order valence-electron chi connectivity index (χ2n) is 6.15. The Labute approximate surface area is 174 Å². The summed E-state index contributed by atoms with van der Waals surface area (Å²) >= 11 is 7.46. The summed E-state index contributed by atoms with van der Waals surface area (Å²) in [6, 6.07) is 6.64. The van der Waals surface area contributed by atoms with E-state index < -0.39 is 0 Å². The van der Waals surface area contributed by atoms with Gasteiger partial charge in [-0.15, -0.1) is 11.3 Å². The van der Waals surface area contributed by atoms with Gasteiger partial charge in [0.05, 0.1) is 11.6 Å². The zero-order valence-electron chi connectivity index (χ0n) is 15.3. The van der Waals surface area contributed by atoms with Crippen LogP contribution in [0.3, 0.4) is 0 Å². The number of benzene rings is 1. The number of fused-ring (bicyclic) bond motifs is 1. The molecule has 2 amide bonds. The second-order valence-corrected chi connectivity index (χ2v) is 7.42. The van der Waals surface area contributed by atoms with Crippen LogP contribution in [0.4, 0.5) is 5.13 Å². The topological polar surface area (TPSA) is 103 Å². The number of ether oxygens (including phenoxy) is 2. The van der Waals surface area contributed by atoms with Crippen LogP contribution in [-0.4, -0.2) is 30.0 Å². The molecule has 10 heteroatoms. The van der Waals surface area contributed by atoms with Gasteiger partial charge < -0.3 is 19.2 Å². The van der Waals surface area contributed by atoms with E-state index in [2.05, 4.69) is 15.6 Å². The number of aromatic nitrogens is 1. The van der Waals surface area contributed by atoms with Gasteiger partial charge in [0.1, 0.15) is 24.7 Å². The Kier molecular flexibility index (Phi) is 5.41. The molecule has 0 saturated carbocycles. The Morgan fingerprint density at radius 2 is 2.07 bits per heavy atom. The summed E-state index contributed by atoms with van der Waals surface area (Å²) in [5.41, 5.74) is 0.922. The SMILES string of the molecule is CC(=O)NCc1ccc(-c2csc(NC(=O)c3cc(Cl)c4c(c3)OCCO4)n2)o1. The molecule has 2 N–H and O–H groups in total. The predicted octanol–water partition coefficient (Wildman–Crippen LogP) is 3.72. The van der Waals surface area contributed by atoms with E-state index in [9.17, 15) is 9.59 Å². The summed E-state index contributed by atoms with van der Waals surface area (Å²) in [6.45, 7) is 2.55. The molecule has 29 heavy (non-hydrogen) atoms. The third-order valence-electron chi connectivity index (χ3n) is 4.01. The Morgan fingerprint density at radius 3 is 2.90 bits per heavy atom. The average molecular weight is 434 g/mol. The van der Waals surface area contributed by atoms with E-state index in [1.165, 1.54) is 24.3 Å². The Balaban J connectivity index is 1.46. The molecule has 8 nitrogen and oxygen atoms in total. The first-order valence-corrected chi connectivity index (χ1v) is 9.95. The maximum absolute atomic E-state index is 12.6. The number of anilines is 1. The summed E-state index contributed by atoms with van der Waals surface area (Å²) < 4.78 is 16.6. The van der Waals surface area contributed by atoms with Crippen molar-refractivity contribution in [3.8, 4) is 23.0 Å². The zero-order valence-corrected chi connectivity index (χ0v) is 16.9. The summed E-state index contributed by atoms with van der Waals surface area (Å²) in [4.78, 5) is 28.0. The number of amides is 2. The smallest absolute Gasteiger partial charge is 0.257 e. The quantitative estimate of drug-likeness (QED) is 0.635. The summed E-state index contributed by atoms with van der Waals surface area (Å²) in [6.07, 6.45) is 0. The van der Waals surface area contributed by atoms with Crippen LogP contribution >= 0.6 is 22.9 Å². The van der Waals surface area contributed by atoms with Crippen LogP contribution in [-0.2, 0) is 11.3 Å². The molecule has 4 rings (SSSR count). The van der Waals surface area contributed by atoms with Crippen molar-refractivity contribution in [2.45, 2.75) is 13.5 Å². The number of rotatable bonds is 5. The Morgan fingerprint density at radius 1 is 1.24 bits per heavy atom. The highest BCUT2D eigenvalue weighted by atomic mass is 35.5. The van der Waals surface area contributed by atoms with Crippen molar-refractivity contribution in [2.24, 2.45) is 0 Å². The van der Waals surface area contributed by atoms with Gasteiger partial charge in [-0.3, -0.25) is 14.9 Å². The lowest BCUT2D eigenvalue weighted by Crippen LogP contribution is -2.18. The first kappa shape index (κ1) is 19.3. The highest BCUT2D eigenvalue weighted by Crippen LogP contribution is 2.38. The lowest BCUT2D eigenvalue weighted by atomic mass is 10.2. The normalized spacial score (nSPS) is 12.5. The highest BCUT2D eigenvalue weighted by Gasteiger charge is 2.20. The van der Waals surface area contributed by atoms with Gasteiger partial charge in [0, 0.05) is 17.9 Å². The molecule has 1 aliphatic heterocycles. The maximum Gasteiger partial charge on any atom is 0.257 e. The van der Waals surface area contributed by atoms with Crippen LogP contribution in [0.5, 0.6) is 11.5 Å². The Bertz CT molecular complexity index is 1080. The molecular weight excluding hydrogens is 418 g/mol. The molecule has 3 heterocycles. The number of halogens is 1. The first-order valence-electron chi connectivity index (χ1n) is 8.69. The van der Waals surface area contributed by atoms with Crippen LogP contribution in [0.25, 0.3) is 11.5 Å². The van der Waals surface area contributed by atoms with Gasteiger partial charge in [0.25, 0.3) is 5.91 Å². The van der Waals surface area contributed by atoms with Crippen molar-refractivity contribution < 1.29 is 23.5 Å². The van der Waals surface area contributed by atoms with Crippen LogP contribution in [0.15, 0.2) is 34.1 Å². The number of hydrogen-bond donors (Lipinski definition) is 2. The second kappa shape index (κ2) is 8.14. The van der Waals surface area contributed by atoms with Crippen molar-refractivity contribution in [3.05, 3.63) is 46.0 Å². The maximum atomic E-state index is 12.6. The van der Waals surface area contributed by atoms with Gasteiger partial charge in [0.2, 0.25) is 5.91 Å². The highest BCUT2D eigenvalue weighted by molar-refractivity contribution is 7.14. The largest absolute Gasteiger partial charge is 0.486 e. The van der Waals surface area contributed by atoms with E-state index in [1.807, 2.05) is 0 Å². The molecule has 0 saturated heterocycles. The van der Waals surface area contributed by atoms with Gasteiger partial charge in [-0.05, 0) is 24.3 Å². The Hall–Kier alpha value is -3.04. The zero-order chi connectivity index (χ0) is 20.4. The van der Waals surface area contributed by atoms with E-state index in [1.54, 1.807) is 23.6 Å². The van der Waals surface area contributed by atoms with Gasteiger partial charge >= 0.3 is 0 Å². The summed E-state index contributed by atoms with van der Waals surface area (Å²) in [7, 11) is 0. The van der Waals surface area contributed by atoms with E-state index in [0.29, 0.717) is 64.2 Å². The van der Waals surface area contributed by atoms with Crippen molar-refractivity contribution in [1.82, 2.24) is 10.3 Å². The third-order valence-corrected chi connectivity index (χ3v) is 5.05. The number of hydrogen-bond acceptors (Lipinski definition) is 7. The molecule has 0 atom stereocenters. The summed E-state index contributed by atoms with van der Waals surface area (Å²) in [5, 5.41) is 7.91. The number of carbonyl (C=O) groups excluding carboxylic acids is 2. The third kappa shape index (κ3) is 4.36. The number of nitrogens with zero attached hydrogens (tertiary/aromatic N) is 1. The van der Waals surface area contributed by atoms with Gasteiger partial charge in [-0.25, -0.2) is 4.98 Å². The van der Waals surface area contributed by atoms with Crippen molar-refractivity contribution >= 4 is 39.9 Å². The molecular formula is C19H16ClN3O5S. The molecule has 0 fully saturated rings. The van der Waals surface area contributed by atoms with Gasteiger partial charge in [-0.1, -0.05) is 11.6 Å². The van der Waals surface area contributed by atoms with Crippen LogP contribution in [0.2, 0.25) is 5.02 Å². The van der Waals surface area contributed by atoms with E-state index in [0.717, 1.165) is 0 Å². The number of thiazole rings is 1. The van der Waals surface area contributed by atoms with E-state index in [-0.39, 0.29) is 11.8 Å². The van der Waals surface area contributed by atoms with Gasteiger partial charge in [0.15, 0.2) is 22.4 Å².